The predicted octanol–water partition coefficient (Wildman–Crippen LogP) is 4.69. The van der Waals surface area contributed by atoms with Crippen LogP contribution in [0.2, 0.25) is 0 Å². The summed E-state index contributed by atoms with van der Waals surface area (Å²) in [4.78, 5) is 23.1. The SMILES string of the molecule is COC(=O)c1cc(C)c(-c2ccc(F)cc2F)cc1NC(=O)I. The lowest BCUT2D eigenvalue weighted by atomic mass is 9.96. The average molecular weight is 431 g/mol. The molecule has 0 unspecified atom stereocenters. The molecule has 0 spiro atoms. The third-order valence-electron chi connectivity index (χ3n) is 3.22. The molecular weight excluding hydrogens is 419 g/mol. The van der Waals surface area contributed by atoms with Crippen molar-refractivity contribution in [3.63, 3.8) is 0 Å². The zero-order valence-corrected chi connectivity index (χ0v) is 14.4. The number of anilines is 1. The van der Waals surface area contributed by atoms with Crippen molar-refractivity contribution < 1.29 is 23.1 Å². The number of esters is 1. The Hall–Kier alpha value is -2.03. The van der Waals surface area contributed by atoms with E-state index in [4.69, 9.17) is 0 Å². The Bertz CT molecular complexity index is 793. The summed E-state index contributed by atoms with van der Waals surface area (Å²) >= 11 is 1.52. The summed E-state index contributed by atoms with van der Waals surface area (Å²) in [6, 6.07) is 6.18. The Morgan fingerprint density at radius 2 is 1.83 bits per heavy atom. The number of halogens is 3. The van der Waals surface area contributed by atoms with E-state index >= 15 is 0 Å². The van der Waals surface area contributed by atoms with Gasteiger partial charge in [0.05, 0.1) is 18.4 Å². The van der Waals surface area contributed by atoms with Gasteiger partial charge in [0.2, 0.25) is 0 Å². The van der Waals surface area contributed by atoms with E-state index in [2.05, 4.69) is 10.1 Å². The monoisotopic (exact) mass is 431 g/mol. The minimum Gasteiger partial charge on any atom is -0.465 e. The maximum atomic E-state index is 14.0. The van der Waals surface area contributed by atoms with Gasteiger partial charge in [-0.15, -0.1) is 0 Å². The van der Waals surface area contributed by atoms with Crippen molar-refractivity contribution in [1.82, 2.24) is 0 Å². The van der Waals surface area contributed by atoms with Crippen LogP contribution in [0.15, 0.2) is 30.3 Å². The van der Waals surface area contributed by atoms with E-state index in [0.29, 0.717) is 11.1 Å². The summed E-state index contributed by atoms with van der Waals surface area (Å²) < 4.78 is 31.4. The van der Waals surface area contributed by atoms with E-state index in [1.807, 2.05) is 0 Å². The summed E-state index contributed by atoms with van der Waals surface area (Å²) in [5, 5.41) is 2.51. The zero-order valence-electron chi connectivity index (χ0n) is 12.2. The highest BCUT2D eigenvalue weighted by atomic mass is 127. The maximum absolute atomic E-state index is 14.0. The number of carbonyl (C=O) groups is 2. The smallest absolute Gasteiger partial charge is 0.339 e. The standard InChI is InChI=1S/C16H12F2INO3/c1-8-5-12(15(21)23-2)14(20-16(19)22)7-11(8)10-4-3-9(17)6-13(10)18/h3-7H,1-2H3,(H,20,22). The lowest BCUT2D eigenvalue weighted by Crippen LogP contribution is -2.10. The Morgan fingerprint density at radius 3 is 2.39 bits per heavy atom. The summed E-state index contributed by atoms with van der Waals surface area (Å²) in [5.74, 6) is -2.04. The molecule has 120 valence electrons. The number of amides is 1. The second kappa shape index (κ2) is 7.03. The van der Waals surface area contributed by atoms with E-state index in [1.54, 1.807) is 6.92 Å². The van der Waals surface area contributed by atoms with Crippen molar-refractivity contribution in [2.45, 2.75) is 6.92 Å². The molecule has 0 aromatic heterocycles. The van der Waals surface area contributed by atoms with Crippen molar-refractivity contribution in [3.05, 3.63) is 53.1 Å². The van der Waals surface area contributed by atoms with E-state index in [1.165, 1.54) is 47.9 Å². The van der Waals surface area contributed by atoms with Gasteiger partial charge in [-0.25, -0.2) is 13.6 Å². The number of benzene rings is 2. The van der Waals surface area contributed by atoms with Crippen molar-refractivity contribution >= 4 is 38.2 Å². The van der Waals surface area contributed by atoms with Crippen LogP contribution < -0.4 is 5.32 Å². The molecule has 0 saturated heterocycles. The van der Waals surface area contributed by atoms with Crippen LogP contribution in [0.3, 0.4) is 0 Å². The zero-order chi connectivity index (χ0) is 17.1. The van der Waals surface area contributed by atoms with Crippen LogP contribution >= 0.6 is 22.6 Å². The molecule has 7 heteroatoms. The number of rotatable bonds is 3. The van der Waals surface area contributed by atoms with Gasteiger partial charge < -0.3 is 10.1 Å². The largest absolute Gasteiger partial charge is 0.465 e. The molecule has 0 aliphatic carbocycles. The van der Waals surface area contributed by atoms with Crippen LogP contribution in [0, 0.1) is 18.6 Å². The van der Waals surface area contributed by atoms with Gasteiger partial charge in [-0.2, -0.15) is 0 Å². The van der Waals surface area contributed by atoms with Gasteiger partial charge >= 0.3 is 5.97 Å². The second-order valence-electron chi connectivity index (χ2n) is 4.73. The molecule has 2 aromatic rings. The molecule has 0 heterocycles. The van der Waals surface area contributed by atoms with Crippen LogP contribution in [-0.4, -0.2) is 17.0 Å². The molecule has 0 radical (unpaired) electrons. The average Bonchev–Trinajstić information content (AvgIpc) is 2.48. The Labute approximate surface area is 145 Å². The van der Waals surface area contributed by atoms with Crippen LogP contribution in [0.5, 0.6) is 0 Å². The first-order chi connectivity index (χ1) is 10.8. The Morgan fingerprint density at radius 1 is 1.13 bits per heavy atom. The van der Waals surface area contributed by atoms with Crippen LogP contribution in [0.1, 0.15) is 15.9 Å². The maximum Gasteiger partial charge on any atom is 0.339 e. The molecule has 0 atom stereocenters. The van der Waals surface area contributed by atoms with Crippen molar-refractivity contribution in [2.24, 2.45) is 0 Å². The first-order valence-electron chi connectivity index (χ1n) is 6.48. The molecule has 0 fully saturated rings. The molecular formula is C16H12F2INO3. The van der Waals surface area contributed by atoms with Gasteiger partial charge in [-0.05, 0) is 42.3 Å². The van der Waals surface area contributed by atoms with Gasteiger partial charge in [-0.3, -0.25) is 4.79 Å². The van der Waals surface area contributed by atoms with Gasteiger partial charge in [0, 0.05) is 34.2 Å². The number of carbonyl (C=O) groups excluding carboxylic acids is 2. The fourth-order valence-corrected chi connectivity index (χ4v) is 2.48. The first-order valence-corrected chi connectivity index (χ1v) is 7.56. The van der Waals surface area contributed by atoms with Crippen LogP contribution in [0.4, 0.5) is 19.3 Å². The summed E-state index contributed by atoms with van der Waals surface area (Å²) in [7, 11) is 1.22. The highest BCUT2D eigenvalue weighted by Crippen LogP contribution is 2.32. The summed E-state index contributed by atoms with van der Waals surface area (Å²) in [5.41, 5.74) is 1.55. The normalized spacial score (nSPS) is 10.3. The molecule has 1 amide bonds. The summed E-state index contributed by atoms with van der Waals surface area (Å²) in [6.45, 7) is 1.68. The molecule has 23 heavy (non-hydrogen) atoms. The van der Waals surface area contributed by atoms with Gasteiger partial charge in [0.15, 0.2) is 0 Å². The highest BCUT2D eigenvalue weighted by Gasteiger charge is 2.18. The fraction of sp³-hybridized carbons (Fsp3) is 0.125. The molecule has 4 nitrogen and oxygen atoms in total. The lowest BCUT2D eigenvalue weighted by molar-refractivity contribution is 0.0602. The highest BCUT2D eigenvalue weighted by molar-refractivity contribution is 14.1. The topological polar surface area (TPSA) is 55.4 Å². The number of methoxy groups -OCH3 is 1. The van der Waals surface area contributed by atoms with Gasteiger partial charge in [-0.1, -0.05) is 0 Å². The first kappa shape index (κ1) is 17.3. The predicted molar refractivity (Wildman–Crippen MR) is 90.9 cm³/mol. The molecule has 2 rings (SSSR count). The minimum absolute atomic E-state index is 0.154. The Balaban J connectivity index is 2.65. The third-order valence-corrected chi connectivity index (χ3v) is 3.49. The number of nitrogens with one attached hydrogen (secondary N) is 1. The van der Waals surface area contributed by atoms with E-state index < -0.39 is 21.5 Å². The molecule has 2 aromatic carbocycles. The third kappa shape index (κ3) is 3.84. The van der Waals surface area contributed by atoms with Gasteiger partial charge in [0.1, 0.15) is 11.6 Å². The summed E-state index contributed by atoms with van der Waals surface area (Å²) in [6.07, 6.45) is 0. The fourth-order valence-electron chi connectivity index (χ4n) is 2.19. The molecule has 0 aliphatic heterocycles. The van der Waals surface area contributed by atoms with E-state index in [-0.39, 0.29) is 16.8 Å². The molecule has 0 aliphatic rings. The second-order valence-corrected chi connectivity index (χ2v) is 5.71. The molecule has 0 saturated carbocycles. The molecule has 1 N–H and O–H groups in total. The van der Waals surface area contributed by atoms with E-state index in [0.717, 1.165) is 12.1 Å². The lowest BCUT2D eigenvalue weighted by Gasteiger charge is -2.14. The molecule has 0 bridgehead atoms. The number of hydrogen-bond acceptors (Lipinski definition) is 3. The van der Waals surface area contributed by atoms with Gasteiger partial charge in [0.25, 0.3) is 3.91 Å². The van der Waals surface area contributed by atoms with Crippen LogP contribution in [0.25, 0.3) is 11.1 Å². The van der Waals surface area contributed by atoms with Crippen LogP contribution in [-0.2, 0) is 4.74 Å². The quantitative estimate of drug-likeness (QED) is 0.332. The number of aryl methyl sites for hydroxylation is 1. The van der Waals surface area contributed by atoms with Crippen molar-refractivity contribution in [1.29, 1.82) is 0 Å². The Kier molecular flexibility index (Phi) is 5.30. The van der Waals surface area contributed by atoms with E-state index in [9.17, 15) is 18.4 Å². The number of ether oxygens (including phenoxy) is 1. The van der Waals surface area contributed by atoms with Crippen molar-refractivity contribution in [2.75, 3.05) is 12.4 Å². The van der Waals surface area contributed by atoms with Crippen molar-refractivity contribution in [3.8, 4) is 11.1 Å². The number of hydrogen-bond donors (Lipinski definition) is 1. The minimum atomic E-state index is -0.731.